The minimum atomic E-state index is 0.557. The number of aromatic nitrogens is 2. The topological polar surface area (TPSA) is 39.1 Å². The Morgan fingerprint density at radius 2 is 2.44 bits per heavy atom. The summed E-state index contributed by atoms with van der Waals surface area (Å²) in [5, 5.41) is 3.30. The molecule has 0 aliphatic heterocycles. The predicted octanol–water partition coefficient (Wildman–Crippen LogP) is 2.30. The lowest BCUT2D eigenvalue weighted by atomic mass is 9.80. The Morgan fingerprint density at radius 1 is 1.62 bits per heavy atom. The Labute approximate surface area is 97.0 Å². The molecule has 1 aromatic heterocycles. The monoisotopic (exact) mass is 223 g/mol. The Bertz CT molecular complexity index is 320. The quantitative estimate of drug-likeness (QED) is 0.752. The molecular formula is C12H21N3O. The molecule has 0 amide bonds. The second-order valence-electron chi connectivity index (χ2n) is 4.51. The van der Waals surface area contributed by atoms with Gasteiger partial charge in [-0.15, -0.1) is 0 Å². The molecule has 0 aromatic carbocycles. The third-order valence-corrected chi connectivity index (χ3v) is 3.53. The maximum atomic E-state index is 5.02. The van der Waals surface area contributed by atoms with Crippen molar-refractivity contribution >= 4 is 5.95 Å². The first kappa shape index (κ1) is 11.5. The first-order valence-electron chi connectivity index (χ1n) is 6.08. The van der Waals surface area contributed by atoms with Crippen LogP contribution in [0.25, 0.3) is 0 Å². The molecular weight excluding hydrogens is 202 g/mol. The molecule has 1 unspecified atom stereocenters. The van der Waals surface area contributed by atoms with Crippen LogP contribution in [0.1, 0.15) is 32.2 Å². The molecule has 1 aliphatic carbocycles. The van der Waals surface area contributed by atoms with Crippen LogP contribution in [0.3, 0.4) is 0 Å². The molecule has 4 heteroatoms. The molecule has 2 rings (SSSR count). The standard InChI is InChI=1S/C12H21N3O/c1-10(11-4-3-5-11)15-8-6-13-12(15)14-7-9-16-2/h6,8,10-11H,3-5,7,9H2,1-2H3,(H,13,14). The van der Waals surface area contributed by atoms with Crippen LogP contribution < -0.4 is 5.32 Å². The molecule has 1 atom stereocenters. The smallest absolute Gasteiger partial charge is 0.203 e. The summed E-state index contributed by atoms with van der Waals surface area (Å²) in [5.74, 6) is 1.80. The Morgan fingerprint density at radius 3 is 3.06 bits per heavy atom. The van der Waals surface area contributed by atoms with Crippen molar-refractivity contribution in [1.82, 2.24) is 9.55 Å². The van der Waals surface area contributed by atoms with Crippen LogP contribution in [0.2, 0.25) is 0 Å². The molecule has 1 N–H and O–H groups in total. The average molecular weight is 223 g/mol. The summed E-state index contributed by atoms with van der Waals surface area (Å²) >= 11 is 0. The molecule has 4 nitrogen and oxygen atoms in total. The summed E-state index contributed by atoms with van der Waals surface area (Å²) in [7, 11) is 1.71. The number of imidazole rings is 1. The van der Waals surface area contributed by atoms with Crippen molar-refractivity contribution in [3.63, 3.8) is 0 Å². The number of nitrogens with zero attached hydrogens (tertiary/aromatic N) is 2. The van der Waals surface area contributed by atoms with E-state index >= 15 is 0 Å². The minimum absolute atomic E-state index is 0.557. The van der Waals surface area contributed by atoms with Gasteiger partial charge in [-0.25, -0.2) is 4.98 Å². The minimum Gasteiger partial charge on any atom is -0.383 e. The van der Waals surface area contributed by atoms with Gasteiger partial charge >= 0.3 is 0 Å². The van der Waals surface area contributed by atoms with Gasteiger partial charge in [-0.2, -0.15) is 0 Å². The zero-order chi connectivity index (χ0) is 11.4. The maximum absolute atomic E-state index is 5.02. The molecule has 1 fully saturated rings. The molecule has 1 saturated carbocycles. The molecule has 1 aromatic rings. The van der Waals surface area contributed by atoms with Gasteiger partial charge in [0, 0.05) is 32.1 Å². The van der Waals surface area contributed by atoms with Crippen LogP contribution in [-0.4, -0.2) is 29.8 Å². The fraction of sp³-hybridized carbons (Fsp3) is 0.750. The van der Waals surface area contributed by atoms with E-state index in [1.165, 1.54) is 19.3 Å². The zero-order valence-electron chi connectivity index (χ0n) is 10.1. The predicted molar refractivity (Wildman–Crippen MR) is 64.6 cm³/mol. The van der Waals surface area contributed by atoms with Gasteiger partial charge < -0.3 is 14.6 Å². The third-order valence-electron chi connectivity index (χ3n) is 3.53. The Kier molecular flexibility index (Phi) is 3.83. The molecule has 90 valence electrons. The van der Waals surface area contributed by atoms with E-state index in [1.807, 2.05) is 6.20 Å². The van der Waals surface area contributed by atoms with Gasteiger partial charge in [0.25, 0.3) is 0 Å². The van der Waals surface area contributed by atoms with E-state index in [0.717, 1.165) is 18.4 Å². The maximum Gasteiger partial charge on any atom is 0.203 e. The number of rotatable bonds is 6. The average Bonchev–Trinajstić information content (AvgIpc) is 2.63. The number of hydrogen-bond acceptors (Lipinski definition) is 3. The van der Waals surface area contributed by atoms with Gasteiger partial charge in [0.2, 0.25) is 5.95 Å². The van der Waals surface area contributed by atoms with Crippen molar-refractivity contribution in [2.45, 2.75) is 32.2 Å². The van der Waals surface area contributed by atoms with E-state index in [0.29, 0.717) is 12.6 Å². The van der Waals surface area contributed by atoms with Gasteiger partial charge in [-0.1, -0.05) is 6.42 Å². The molecule has 1 aliphatic rings. The SMILES string of the molecule is COCCNc1nccn1C(C)C1CCC1. The van der Waals surface area contributed by atoms with Crippen molar-refractivity contribution in [2.75, 3.05) is 25.6 Å². The van der Waals surface area contributed by atoms with Crippen molar-refractivity contribution in [1.29, 1.82) is 0 Å². The van der Waals surface area contributed by atoms with E-state index in [9.17, 15) is 0 Å². The van der Waals surface area contributed by atoms with E-state index < -0.39 is 0 Å². The lowest BCUT2D eigenvalue weighted by Gasteiger charge is -2.33. The molecule has 0 radical (unpaired) electrons. The zero-order valence-corrected chi connectivity index (χ0v) is 10.1. The van der Waals surface area contributed by atoms with E-state index in [2.05, 4.69) is 28.0 Å². The van der Waals surface area contributed by atoms with Crippen LogP contribution in [0.4, 0.5) is 5.95 Å². The number of methoxy groups -OCH3 is 1. The van der Waals surface area contributed by atoms with Crippen LogP contribution in [0.5, 0.6) is 0 Å². The van der Waals surface area contributed by atoms with Gasteiger partial charge in [-0.3, -0.25) is 0 Å². The second kappa shape index (κ2) is 5.34. The lowest BCUT2D eigenvalue weighted by molar-refractivity contribution is 0.209. The summed E-state index contributed by atoms with van der Waals surface area (Å²) in [6.07, 6.45) is 8.03. The van der Waals surface area contributed by atoms with E-state index in [-0.39, 0.29) is 0 Å². The molecule has 0 bridgehead atoms. The summed E-state index contributed by atoms with van der Waals surface area (Å²) in [6.45, 7) is 3.81. The Hall–Kier alpha value is -1.03. The summed E-state index contributed by atoms with van der Waals surface area (Å²) < 4.78 is 7.27. The van der Waals surface area contributed by atoms with Gasteiger partial charge in [-0.05, 0) is 25.7 Å². The van der Waals surface area contributed by atoms with Gasteiger partial charge in [0.15, 0.2) is 0 Å². The van der Waals surface area contributed by atoms with E-state index in [4.69, 9.17) is 4.74 Å². The molecule has 16 heavy (non-hydrogen) atoms. The number of nitrogens with one attached hydrogen (secondary N) is 1. The van der Waals surface area contributed by atoms with Crippen molar-refractivity contribution < 1.29 is 4.74 Å². The summed E-state index contributed by atoms with van der Waals surface area (Å²) in [5.41, 5.74) is 0. The highest BCUT2D eigenvalue weighted by molar-refractivity contribution is 5.26. The number of anilines is 1. The summed E-state index contributed by atoms with van der Waals surface area (Å²) in [6, 6.07) is 0.557. The van der Waals surface area contributed by atoms with Crippen LogP contribution in [0, 0.1) is 5.92 Å². The largest absolute Gasteiger partial charge is 0.383 e. The van der Waals surface area contributed by atoms with Crippen LogP contribution in [0.15, 0.2) is 12.4 Å². The highest BCUT2D eigenvalue weighted by Gasteiger charge is 2.26. The third kappa shape index (κ3) is 2.38. The normalized spacial score (nSPS) is 18.1. The van der Waals surface area contributed by atoms with E-state index in [1.54, 1.807) is 7.11 Å². The fourth-order valence-corrected chi connectivity index (χ4v) is 2.19. The number of hydrogen-bond donors (Lipinski definition) is 1. The number of ether oxygens (including phenoxy) is 1. The first-order chi connectivity index (χ1) is 7.83. The molecule has 0 saturated heterocycles. The van der Waals surface area contributed by atoms with Crippen molar-refractivity contribution in [2.24, 2.45) is 5.92 Å². The highest BCUT2D eigenvalue weighted by atomic mass is 16.5. The molecule has 1 heterocycles. The Balaban J connectivity index is 1.94. The van der Waals surface area contributed by atoms with Gasteiger partial charge in [0.05, 0.1) is 6.61 Å². The fourth-order valence-electron chi connectivity index (χ4n) is 2.19. The highest BCUT2D eigenvalue weighted by Crippen LogP contribution is 2.36. The first-order valence-corrected chi connectivity index (χ1v) is 6.08. The van der Waals surface area contributed by atoms with Gasteiger partial charge in [0.1, 0.15) is 0 Å². The summed E-state index contributed by atoms with van der Waals surface area (Å²) in [4.78, 5) is 4.35. The second-order valence-corrected chi connectivity index (χ2v) is 4.51. The molecule has 0 spiro atoms. The van der Waals surface area contributed by atoms with Crippen LogP contribution in [-0.2, 0) is 4.74 Å². The van der Waals surface area contributed by atoms with Crippen molar-refractivity contribution in [3.8, 4) is 0 Å². The van der Waals surface area contributed by atoms with Crippen molar-refractivity contribution in [3.05, 3.63) is 12.4 Å². The van der Waals surface area contributed by atoms with Crippen LogP contribution >= 0.6 is 0 Å². The lowest BCUT2D eigenvalue weighted by Crippen LogP contribution is -2.24.